The molecular formula is C70H135NO5. The topological polar surface area (TPSA) is 95.9 Å². The Morgan fingerprint density at radius 3 is 1.00 bits per heavy atom. The molecule has 0 rings (SSSR count). The van der Waals surface area contributed by atoms with E-state index in [1.165, 1.54) is 308 Å². The molecule has 0 aliphatic carbocycles. The lowest BCUT2D eigenvalue weighted by molar-refractivity contribution is -0.143. The van der Waals surface area contributed by atoms with Gasteiger partial charge < -0.3 is 20.3 Å². The van der Waals surface area contributed by atoms with E-state index in [1.54, 1.807) is 0 Å². The molecule has 0 fully saturated rings. The zero-order valence-corrected chi connectivity index (χ0v) is 51.5. The number of unbranched alkanes of at least 4 members (excludes halogenated alkanes) is 50. The molecule has 0 aromatic carbocycles. The fraction of sp³-hybridized carbons (Fsp3) is 0.914. The van der Waals surface area contributed by atoms with E-state index in [-0.39, 0.29) is 18.5 Å². The van der Waals surface area contributed by atoms with Gasteiger partial charge in [-0.3, -0.25) is 9.59 Å². The summed E-state index contributed by atoms with van der Waals surface area (Å²) in [6.45, 7) is 4.98. The van der Waals surface area contributed by atoms with E-state index in [1.807, 2.05) is 0 Å². The van der Waals surface area contributed by atoms with Gasteiger partial charge in [0.1, 0.15) is 0 Å². The molecule has 0 radical (unpaired) electrons. The Balaban J connectivity index is 3.37. The molecule has 0 aromatic rings. The van der Waals surface area contributed by atoms with Crippen LogP contribution in [0.2, 0.25) is 0 Å². The van der Waals surface area contributed by atoms with Crippen LogP contribution in [0.4, 0.5) is 0 Å². The van der Waals surface area contributed by atoms with Gasteiger partial charge in [0, 0.05) is 12.8 Å². The monoisotopic (exact) mass is 1070 g/mol. The number of ether oxygens (including phenoxy) is 1. The fourth-order valence-electron chi connectivity index (χ4n) is 11.0. The zero-order chi connectivity index (χ0) is 55.0. The smallest absolute Gasteiger partial charge is 0.305 e. The molecule has 0 bridgehead atoms. The number of amides is 1. The van der Waals surface area contributed by atoms with E-state index in [9.17, 15) is 19.8 Å². The van der Waals surface area contributed by atoms with E-state index in [2.05, 4.69) is 43.5 Å². The van der Waals surface area contributed by atoms with Crippen molar-refractivity contribution in [2.24, 2.45) is 0 Å². The predicted molar refractivity (Wildman–Crippen MR) is 333 cm³/mol. The molecule has 450 valence electrons. The summed E-state index contributed by atoms with van der Waals surface area (Å²) in [5.41, 5.74) is 0. The maximum atomic E-state index is 12.5. The average molecular weight is 1070 g/mol. The van der Waals surface area contributed by atoms with Gasteiger partial charge in [0.15, 0.2) is 0 Å². The molecule has 6 nitrogen and oxygen atoms in total. The van der Waals surface area contributed by atoms with E-state index in [4.69, 9.17) is 4.74 Å². The van der Waals surface area contributed by atoms with Gasteiger partial charge in [-0.05, 0) is 57.8 Å². The van der Waals surface area contributed by atoms with Crippen molar-refractivity contribution in [3.05, 3.63) is 24.3 Å². The lowest BCUT2D eigenvalue weighted by Crippen LogP contribution is -2.45. The zero-order valence-electron chi connectivity index (χ0n) is 51.5. The maximum absolute atomic E-state index is 12.5. The molecule has 6 heteroatoms. The van der Waals surface area contributed by atoms with Crippen LogP contribution in [-0.2, 0) is 14.3 Å². The summed E-state index contributed by atoms with van der Waals surface area (Å²) < 4.78 is 5.48. The highest BCUT2D eigenvalue weighted by Gasteiger charge is 2.20. The number of aliphatic hydroxyl groups excluding tert-OH is 2. The highest BCUT2D eigenvalue weighted by Crippen LogP contribution is 2.19. The first kappa shape index (κ1) is 74.3. The molecule has 0 saturated heterocycles. The van der Waals surface area contributed by atoms with Crippen LogP contribution in [0.25, 0.3) is 0 Å². The van der Waals surface area contributed by atoms with E-state index < -0.39 is 12.1 Å². The van der Waals surface area contributed by atoms with Gasteiger partial charge in [0.05, 0.1) is 25.4 Å². The van der Waals surface area contributed by atoms with Crippen LogP contribution in [0, 0.1) is 0 Å². The molecule has 3 N–H and O–H groups in total. The van der Waals surface area contributed by atoms with Gasteiger partial charge in [0.2, 0.25) is 5.91 Å². The molecule has 0 saturated carbocycles. The van der Waals surface area contributed by atoms with Crippen LogP contribution in [0.5, 0.6) is 0 Å². The summed E-state index contributed by atoms with van der Waals surface area (Å²) in [5.74, 6) is -0.0153. The van der Waals surface area contributed by atoms with Crippen molar-refractivity contribution in [1.29, 1.82) is 0 Å². The number of carbonyl (C=O) groups excluding carboxylic acids is 2. The third-order valence-corrected chi connectivity index (χ3v) is 16.3. The summed E-state index contributed by atoms with van der Waals surface area (Å²) in [6, 6.07) is -0.539. The van der Waals surface area contributed by atoms with E-state index >= 15 is 0 Å². The molecule has 1 amide bonds. The van der Waals surface area contributed by atoms with Crippen LogP contribution >= 0.6 is 0 Å². The largest absolute Gasteiger partial charge is 0.466 e. The molecule has 2 unspecified atom stereocenters. The molecule has 0 aliphatic heterocycles. The number of rotatable bonds is 65. The standard InChI is InChI=1S/C70H135NO5/c1-3-5-7-9-11-13-15-17-39-42-46-50-54-58-62-68(73)67(66-72)71-69(74)63-59-55-51-47-43-40-37-35-33-31-29-27-25-23-21-19-18-20-22-24-26-28-30-32-34-36-38-41-45-49-53-57-61-65-76-70(75)64-60-56-52-48-44-16-14-12-10-8-6-4-2/h22,24,28,30,67-68,72-73H,3-21,23,25-27,29,31-66H2,1-2H3,(H,71,74)/b24-22-,30-28-. The van der Waals surface area contributed by atoms with Crippen molar-refractivity contribution < 1.29 is 24.5 Å². The first-order valence-electron chi connectivity index (χ1n) is 34.6. The third kappa shape index (κ3) is 61.6. The minimum absolute atomic E-state index is 0.0154. The molecule has 2 atom stereocenters. The Morgan fingerprint density at radius 2 is 0.658 bits per heavy atom. The van der Waals surface area contributed by atoms with Crippen molar-refractivity contribution >= 4 is 11.9 Å². The molecule has 0 aliphatic rings. The van der Waals surface area contributed by atoms with Gasteiger partial charge in [-0.25, -0.2) is 0 Å². The van der Waals surface area contributed by atoms with Crippen molar-refractivity contribution in [2.45, 2.75) is 398 Å². The van der Waals surface area contributed by atoms with Gasteiger partial charge in [-0.1, -0.05) is 340 Å². The van der Waals surface area contributed by atoms with Crippen molar-refractivity contribution in [2.75, 3.05) is 13.2 Å². The van der Waals surface area contributed by atoms with Gasteiger partial charge in [-0.15, -0.1) is 0 Å². The average Bonchev–Trinajstić information content (AvgIpc) is 3.42. The molecule has 76 heavy (non-hydrogen) atoms. The minimum atomic E-state index is -0.662. The summed E-state index contributed by atoms with van der Waals surface area (Å²) in [7, 11) is 0. The van der Waals surface area contributed by atoms with Crippen LogP contribution in [0.1, 0.15) is 386 Å². The summed E-state index contributed by atoms with van der Waals surface area (Å²) in [5, 5.41) is 23.3. The Bertz CT molecular complexity index is 1190. The molecule has 0 aromatic heterocycles. The first-order valence-corrected chi connectivity index (χ1v) is 34.6. The van der Waals surface area contributed by atoms with Crippen LogP contribution in [-0.4, -0.2) is 47.4 Å². The lowest BCUT2D eigenvalue weighted by Gasteiger charge is -2.22. The number of hydrogen-bond acceptors (Lipinski definition) is 5. The minimum Gasteiger partial charge on any atom is -0.466 e. The third-order valence-electron chi connectivity index (χ3n) is 16.3. The number of carbonyl (C=O) groups is 2. The molecule has 0 heterocycles. The van der Waals surface area contributed by atoms with Crippen molar-refractivity contribution in [3.63, 3.8) is 0 Å². The van der Waals surface area contributed by atoms with Gasteiger partial charge in [-0.2, -0.15) is 0 Å². The number of esters is 1. The maximum Gasteiger partial charge on any atom is 0.305 e. The summed E-state index contributed by atoms with van der Waals surface area (Å²) >= 11 is 0. The highest BCUT2D eigenvalue weighted by atomic mass is 16.5. The Morgan fingerprint density at radius 1 is 0.368 bits per heavy atom. The summed E-state index contributed by atoms with van der Waals surface area (Å²) in [6.07, 6.45) is 82.3. The van der Waals surface area contributed by atoms with Crippen molar-refractivity contribution in [3.8, 4) is 0 Å². The number of aliphatic hydroxyl groups is 2. The Hall–Kier alpha value is -1.66. The number of hydrogen-bond donors (Lipinski definition) is 3. The predicted octanol–water partition coefficient (Wildman–Crippen LogP) is 22.1. The SMILES string of the molecule is CCCCCCCCCCCCCCCCC(O)C(CO)NC(=O)CCCCCCCCCCCCCCCCCCC/C=C\C/C=C\CCCCCCCCCCCOC(=O)CCCCCCCCCCCCCC. The molecule has 0 spiro atoms. The van der Waals surface area contributed by atoms with E-state index in [0.29, 0.717) is 25.9 Å². The Kier molecular flexibility index (Phi) is 64.4. The highest BCUT2D eigenvalue weighted by molar-refractivity contribution is 5.76. The quantitative estimate of drug-likeness (QED) is 0.0320. The van der Waals surface area contributed by atoms with Crippen LogP contribution < -0.4 is 5.32 Å². The van der Waals surface area contributed by atoms with Crippen molar-refractivity contribution in [1.82, 2.24) is 5.32 Å². The molecular weight excluding hydrogens is 935 g/mol. The van der Waals surface area contributed by atoms with Crippen LogP contribution in [0.15, 0.2) is 24.3 Å². The number of nitrogens with one attached hydrogen (secondary N) is 1. The van der Waals surface area contributed by atoms with Crippen LogP contribution in [0.3, 0.4) is 0 Å². The van der Waals surface area contributed by atoms with Gasteiger partial charge >= 0.3 is 5.97 Å². The van der Waals surface area contributed by atoms with Gasteiger partial charge in [0.25, 0.3) is 0 Å². The Labute approximate surface area is 475 Å². The summed E-state index contributed by atoms with van der Waals surface area (Å²) in [4.78, 5) is 24.5. The lowest BCUT2D eigenvalue weighted by atomic mass is 10.0. The second-order valence-electron chi connectivity index (χ2n) is 23.9. The second kappa shape index (κ2) is 65.9. The normalized spacial score (nSPS) is 12.6. The fourth-order valence-corrected chi connectivity index (χ4v) is 11.0. The number of allylic oxidation sites excluding steroid dienone is 4. The van der Waals surface area contributed by atoms with E-state index in [0.717, 1.165) is 44.9 Å². The second-order valence-corrected chi connectivity index (χ2v) is 23.9. The first-order chi connectivity index (χ1) is 37.5.